The maximum absolute atomic E-state index is 11.5. The van der Waals surface area contributed by atoms with Gasteiger partial charge in [0.05, 0.1) is 11.5 Å². The standard InChI is InChI=1S/C14H28N2O2S/c1-2-7-15-14-6-4-3-5-13(14)12-16-8-10-19(17,18)11-9-16/h13-15H,2-12H2,1H3. The van der Waals surface area contributed by atoms with E-state index in [2.05, 4.69) is 17.1 Å². The monoisotopic (exact) mass is 288 g/mol. The molecule has 1 heterocycles. The van der Waals surface area contributed by atoms with Crippen LogP contribution >= 0.6 is 0 Å². The molecule has 0 aromatic rings. The largest absolute Gasteiger partial charge is 0.314 e. The van der Waals surface area contributed by atoms with Crippen molar-refractivity contribution in [2.75, 3.05) is 37.7 Å². The van der Waals surface area contributed by atoms with Crippen LogP contribution in [0, 0.1) is 5.92 Å². The summed E-state index contributed by atoms with van der Waals surface area (Å²) in [5.41, 5.74) is 0. The lowest BCUT2D eigenvalue weighted by Gasteiger charge is -2.37. The lowest BCUT2D eigenvalue weighted by atomic mass is 9.84. The Morgan fingerprint density at radius 2 is 1.84 bits per heavy atom. The Bertz CT molecular complexity index is 356. The van der Waals surface area contributed by atoms with Gasteiger partial charge >= 0.3 is 0 Å². The third-order valence-electron chi connectivity index (χ3n) is 4.50. The molecule has 1 N–H and O–H groups in total. The van der Waals surface area contributed by atoms with Crippen molar-refractivity contribution in [3.8, 4) is 0 Å². The normalized spacial score (nSPS) is 32.3. The molecule has 1 saturated carbocycles. The van der Waals surface area contributed by atoms with Crippen molar-refractivity contribution in [1.82, 2.24) is 10.2 Å². The maximum atomic E-state index is 11.5. The minimum atomic E-state index is -2.74. The van der Waals surface area contributed by atoms with E-state index in [0.29, 0.717) is 23.5 Å². The van der Waals surface area contributed by atoms with Crippen LogP contribution in [0.3, 0.4) is 0 Å². The summed E-state index contributed by atoms with van der Waals surface area (Å²) >= 11 is 0. The lowest BCUT2D eigenvalue weighted by Crippen LogP contribution is -2.48. The zero-order chi connectivity index (χ0) is 13.7. The molecule has 0 aromatic carbocycles. The van der Waals surface area contributed by atoms with Crippen molar-refractivity contribution in [1.29, 1.82) is 0 Å². The Labute approximate surface area is 117 Å². The Hall–Kier alpha value is -0.130. The van der Waals surface area contributed by atoms with Gasteiger partial charge in [-0.05, 0) is 31.7 Å². The van der Waals surface area contributed by atoms with Crippen LogP contribution in [0.15, 0.2) is 0 Å². The van der Waals surface area contributed by atoms with Gasteiger partial charge in [0.2, 0.25) is 0 Å². The van der Waals surface area contributed by atoms with Crippen LogP contribution in [0.25, 0.3) is 0 Å². The van der Waals surface area contributed by atoms with Crippen LogP contribution in [0.4, 0.5) is 0 Å². The molecule has 2 unspecified atom stereocenters. The van der Waals surface area contributed by atoms with Gasteiger partial charge in [-0.15, -0.1) is 0 Å². The molecule has 19 heavy (non-hydrogen) atoms. The predicted octanol–water partition coefficient (Wildman–Crippen LogP) is 1.28. The van der Waals surface area contributed by atoms with E-state index in [-0.39, 0.29) is 0 Å². The molecular weight excluding hydrogens is 260 g/mol. The predicted molar refractivity (Wildman–Crippen MR) is 79.1 cm³/mol. The first-order chi connectivity index (χ1) is 9.11. The molecule has 1 aliphatic carbocycles. The summed E-state index contributed by atoms with van der Waals surface area (Å²) in [6.45, 7) is 5.87. The molecule has 2 atom stereocenters. The van der Waals surface area contributed by atoms with Gasteiger partial charge < -0.3 is 10.2 Å². The highest BCUT2D eigenvalue weighted by Crippen LogP contribution is 2.25. The topological polar surface area (TPSA) is 49.4 Å². The summed E-state index contributed by atoms with van der Waals surface area (Å²) in [5, 5.41) is 3.68. The van der Waals surface area contributed by atoms with Crippen molar-refractivity contribution >= 4 is 9.84 Å². The van der Waals surface area contributed by atoms with Crippen molar-refractivity contribution in [2.45, 2.75) is 45.1 Å². The number of rotatable bonds is 5. The first-order valence-electron chi connectivity index (χ1n) is 7.77. The zero-order valence-corrected chi connectivity index (χ0v) is 12.9. The smallest absolute Gasteiger partial charge is 0.152 e. The summed E-state index contributed by atoms with van der Waals surface area (Å²) in [6, 6.07) is 0.646. The van der Waals surface area contributed by atoms with E-state index in [0.717, 1.165) is 26.2 Å². The summed E-state index contributed by atoms with van der Waals surface area (Å²) in [4.78, 5) is 2.36. The number of hydrogen-bond donors (Lipinski definition) is 1. The Kier molecular flexibility index (Phi) is 5.66. The molecule has 4 nitrogen and oxygen atoms in total. The van der Waals surface area contributed by atoms with Gasteiger partial charge in [-0.1, -0.05) is 19.8 Å². The molecule has 112 valence electrons. The zero-order valence-electron chi connectivity index (χ0n) is 12.1. The molecule has 2 fully saturated rings. The van der Waals surface area contributed by atoms with E-state index < -0.39 is 9.84 Å². The fourth-order valence-electron chi connectivity index (χ4n) is 3.29. The second-order valence-corrected chi connectivity index (χ2v) is 8.36. The molecule has 0 spiro atoms. The molecule has 0 bridgehead atoms. The van der Waals surface area contributed by atoms with Crippen molar-refractivity contribution in [2.24, 2.45) is 5.92 Å². The lowest BCUT2D eigenvalue weighted by molar-refractivity contribution is 0.175. The average Bonchev–Trinajstić information content (AvgIpc) is 2.40. The van der Waals surface area contributed by atoms with Gasteiger partial charge in [0.15, 0.2) is 9.84 Å². The average molecular weight is 288 g/mol. The van der Waals surface area contributed by atoms with Crippen LogP contribution in [-0.4, -0.2) is 57.0 Å². The fourth-order valence-corrected chi connectivity index (χ4v) is 4.57. The molecule has 2 aliphatic rings. The number of nitrogens with zero attached hydrogens (tertiary/aromatic N) is 1. The molecule has 2 rings (SSSR count). The number of sulfone groups is 1. The molecule has 1 saturated heterocycles. The Balaban J connectivity index is 1.82. The fraction of sp³-hybridized carbons (Fsp3) is 1.00. The quantitative estimate of drug-likeness (QED) is 0.828. The van der Waals surface area contributed by atoms with Crippen LogP contribution in [0.1, 0.15) is 39.0 Å². The van der Waals surface area contributed by atoms with Crippen LogP contribution in [0.5, 0.6) is 0 Å². The van der Waals surface area contributed by atoms with Crippen molar-refractivity contribution < 1.29 is 8.42 Å². The number of nitrogens with one attached hydrogen (secondary N) is 1. The number of hydrogen-bond acceptors (Lipinski definition) is 4. The van der Waals surface area contributed by atoms with Gasteiger partial charge in [0.25, 0.3) is 0 Å². The van der Waals surface area contributed by atoms with Gasteiger partial charge in [-0.3, -0.25) is 0 Å². The molecular formula is C14H28N2O2S. The van der Waals surface area contributed by atoms with Crippen LogP contribution < -0.4 is 5.32 Å². The van der Waals surface area contributed by atoms with E-state index in [9.17, 15) is 8.42 Å². The summed E-state index contributed by atoms with van der Waals surface area (Å²) in [7, 11) is -2.74. The molecule has 5 heteroatoms. The highest BCUT2D eigenvalue weighted by molar-refractivity contribution is 7.91. The van der Waals surface area contributed by atoms with E-state index in [4.69, 9.17) is 0 Å². The highest BCUT2D eigenvalue weighted by atomic mass is 32.2. The van der Waals surface area contributed by atoms with E-state index in [1.54, 1.807) is 0 Å². The minimum Gasteiger partial charge on any atom is -0.314 e. The minimum absolute atomic E-state index is 0.354. The third-order valence-corrected chi connectivity index (χ3v) is 6.10. The molecule has 0 radical (unpaired) electrons. The molecule has 0 amide bonds. The summed E-state index contributed by atoms with van der Waals surface area (Å²) in [6.07, 6.45) is 6.44. The first-order valence-corrected chi connectivity index (χ1v) is 9.59. The van der Waals surface area contributed by atoms with Crippen molar-refractivity contribution in [3.63, 3.8) is 0 Å². The third kappa shape index (κ3) is 4.72. The van der Waals surface area contributed by atoms with Crippen LogP contribution in [-0.2, 0) is 9.84 Å². The first kappa shape index (κ1) is 15.3. The second-order valence-electron chi connectivity index (χ2n) is 6.06. The van der Waals surface area contributed by atoms with Gasteiger partial charge in [0, 0.05) is 25.7 Å². The van der Waals surface area contributed by atoms with Crippen molar-refractivity contribution in [3.05, 3.63) is 0 Å². The Morgan fingerprint density at radius 1 is 1.16 bits per heavy atom. The van der Waals surface area contributed by atoms with E-state index in [1.165, 1.54) is 32.1 Å². The maximum Gasteiger partial charge on any atom is 0.152 e. The SMILES string of the molecule is CCCNC1CCCCC1CN1CCS(=O)(=O)CC1. The second kappa shape index (κ2) is 7.04. The summed E-state index contributed by atoms with van der Waals surface area (Å²) in [5.74, 6) is 1.42. The molecule has 1 aliphatic heterocycles. The van der Waals surface area contributed by atoms with Gasteiger partial charge in [-0.2, -0.15) is 0 Å². The van der Waals surface area contributed by atoms with Crippen LogP contribution in [0.2, 0.25) is 0 Å². The molecule has 0 aromatic heterocycles. The highest BCUT2D eigenvalue weighted by Gasteiger charge is 2.29. The summed E-state index contributed by atoms with van der Waals surface area (Å²) < 4.78 is 22.9. The van der Waals surface area contributed by atoms with E-state index >= 15 is 0 Å². The van der Waals surface area contributed by atoms with Gasteiger partial charge in [-0.25, -0.2) is 8.42 Å². The Morgan fingerprint density at radius 3 is 2.53 bits per heavy atom. The van der Waals surface area contributed by atoms with Gasteiger partial charge in [0.1, 0.15) is 0 Å². The van der Waals surface area contributed by atoms with E-state index in [1.807, 2.05) is 0 Å².